The summed E-state index contributed by atoms with van der Waals surface area (Å²) in [5.41, 5.74) is 4.15. The highest BCUT2D eigenvalue weighted by Crippen LogP contribution is 1.44. The van der Waals surface area contributed by atoms with Crippen LogP contribution in [0.2, 0.25) is 0 Å². The van der Waals surface area contributed by atoms with E-state index in [-0.39, 0.29) is 6.15 Å². The molecule has 0 unspecified atom stereocenters. The SMILES string of the molecule is N#CN.O=[N+]([O-])[O-].[NH4+]. The zero-order chi connectivity index (χ0) is 6.28. The Morgan fingerprint density at radius 3 is 1.62 bits per heavy atom. The maximum Gasteiger partial charge on any atom is 0.173 e. The molecule has 7 nitrogen and oxygen atoms in total. The molecule has 0 bridgehead atoms. The van der Waals surface area contributed by atoms with Gasteiger partial charge in [0.25, 0.3) is 0 Å². The van der Waals surface area contributed by atoms with E-state index in [1.54, 1.807) is 0 Å². The highest BCUT2D eigenvalue weighted by Gasteiger charge is 1.45. The molecule has 0 heterocycles. The third kappa shape index (κ3) is 22.0. The molecule has 0 aliphatic heterocycles. The van der Waals surface area contributed by atoms with Gasteiger partial charge < -0.3 is 27.2 Å². The number of nitrogens with two attached hydrogens (primary N) is 1. The maximum atomic E-state index is 8.25. The minimum Gasteiger partial charge on any atom is -0.369 e. The van der Waals surface area contributed by atoms with Gasteiger partial charge in [-0.1, -0.05) is 0 Å². The zero-order valence-electron chi connectivity index (χ0n) is 4.20. The van der Waals surface area contributed by atoms with E-state index in [0.717, 1.165) is 0 Å². The van der Waals surface area contributed by atoms with Crippen molar-refractivity contribution < 1.29 is 5.09 Å². The fourth-order valence-corrected chi connectivity index (χ4v) is 0. The molecular weight excluding hydrogens is 116 g/mol. The van der Waals surface area contributed by atoms with Crippen LogP contribution >= 0.6 is 0 Å². The quantitative estimate of drug-likeness (QED) is 0.193. The van der Waals surface area contributed by atoms with Crippen molar-refractivity contribution in [3.05, 3.63) is 15.3 Å². The minimum absolute atomic E-state index is 0. The van der Waals surface area contributed by atoms with Gasteiger partial charge in [-0.2, -0.15) is 5.26 Å². The smallest absolute Gasteiger partial charge is 0.173 e. The molecule has 8 heavy (non-hydrogen) atoms. The standard InChI is InChI=1S/CH2N2.NO3.H3N/c2-1-3;2-1(3)4;/h2H2;;1H3/q;-1;/p+1. The molecule has 0 aromatic heterocycles. The fourth-order valence-electron chi connectivity index (χ4n) is 0. The average molecular weight is 122 g/mol. The maximum absolute atomic E-state index is 8.25. The van der Waals surface area contributed by atoms with E-state index in [1.165, 1.54) is 6.19 Å². The first-order chi connectivity index (χ1) is 3.15. The second-order valence-corrected chi connectivity index (χ2v) is 0.353. The van der Waals surface area contributed by atoms with E-state index in [4.69, 9.17) is 20.6 Å². The zero-order valence-corrected chi connectivity index (χ0v) is 4.20. The van der Waals surface area contributed by atoms with Crippen LogP contribution in [0.4, 0.5) is 0 Å². The van der Waals surface area contributed by atoms with Gasteiger partial charge in [0.1, 0.15) is 0 Å². The molecular formula is CH6N4O3. The van der Waals surface area contributed by atoms with E-state index in [9.17, 15) is 0 Å². The highest BCUT2D eigenvalue weighted by atomic mass is 16.9. The predicted octanol–water partition coefficient (Wildman–Crippen LogP) is -0.437. The summed E-state index contributed by atoms with van der Waals surface area (Å²) in [5.74, 6) is 0. The van der Waals surface area contributed by atoms with Crippen LogP contribution < -0.4 is 11.9 Å². The molecule has 0 fully saturated rings. The molecule has 48 valence electrons. The lowest BCUT2D eigenvalue weighted by atomic mass is 11.5. The van der Waals surface area contributed by atoms with Crippen molar-refractivity contribution >= 4 is 0 Å². The summed E-state index contributed by atoms with van der Waals surface area (Å²) in [7, 11) is 0. The van der Waals surface area contributed by atoms with E-state index < -0.39 is 5.09 Å². The fraction of sp³-hybridized carbons (Fsp3) is 0. The Morgan fingerprint density at radius 2 is 1.62 bits per heavy atom. The molecule has 6 N–H and O–H groups in total. The van der Waals surface area contributed by atoms with Crippen LogP contribution in [0, 0.1) is 26.8 Å². The Kier molecular flexibility index (Phi) is 36.2. The molecule has 0 atom stereocenters. The van der Waals surface area contributed by atoms with Crippen molar-refractivity contribution in [2.45, 2.75) is 0 Å². The van der Waals surface area contributed by atoms with Crippen LogP contribution in [-0.4, -0.2) is 5.09 Å². The molecule has 0 radical (unpaired) electrons. The molecule has 0 aromatic rings. The minimum atomic E-state index is -1.75. The molecule has 0 aliphatic carbocycles. The van der Waals surface area contributed by atoms with Crippen LogP contribution in [0.3, 0.4) is 0 Å². The first kappa shape index (κ1) is 16.1. The summed E-state index contributed by atoms with van der Waals surface area (Å²) in [6, 6.07) is 0. The van der Waals surface area contributed by atoms with Gasteiger partial charge in [0, 0.05) is 0 Å². The van der Waals surface area contributed by atoms with Gasteiger partial charge in [-0.05, 0) is 0 Å². The molecule has 0 aliphatic rings. The number of quaternary nitrogens is 1. The molecule has 0 saturated carbocycles. The summed E-state index contributed by atoms with van der Waals surface area (Å²) in [5, 5.41) is 21.8. The first-order valence-corrected chi connectivity index (χ1v) is 1.06. The Bertz CT molecular complexity index is 79.8. The number of hydrogen-bond donors (Lipinski definition) is 2. The number of nitrogens with zero attached hydrogens (tertiary/aromatic N) is 2. The summed E-state index contributed by atoms with van der Waals surface area (Å²) in [4.78, 5) is 8.25. The van der Waals surface area contributed by atoms with Gasteiger partial charge in [-0.15, -0.1) is 0 Å². The molecule has 0 spiro atoms. The topological polar surface area (TPSA) is 153 Å². The van der Waals surface area contributed by atoms with Crippen LogP contribution in [0.1, 0.15) is 0 Å². The van der Waals surface area contributed by atoms with Gasteiger partial charge in [0.05, 0.1) is 5.09 Å². The lowest BCUT2D eigenvalue weighted by Gasteiger charge is -1.74. The third-order valence-electron chi connectivity index (χ3n) is 0. The van der Waals surface area contributed by atoms with Crippen LogP contribution in [0.25, 0.3) is 0 Å². The summed E-state index contributed by atoms with van der Waals surface area (Å²) in [6.07, 6.45) is 1.25. The normalized spacial score (nSPS) is 3.88. The van der Waals surface area contributed by atoms with Crippen molar-refractivity contribution in [2.24, 2.45) is 5.73 Å². The number of hydrogen-bond acceptors (Lipinski definition) is 5. The monoisotopic (exact) mass is 122 g/mol. The van der Waals surface area contributed by atoms with Gasteiger partial charge in [-0.3, -0.25) is 0 Å². The van der Waals surface area contributed by atoms with Crippen LogP contribution in [0.15, 0.2) is 0 Å². The third-order valence-corrected chi connectivity index (χ3v) is 0. The second kappa shape index (κ2) is 18.0. The van der Waals surface area contributed by atoms with Gasteiger partial charge >= 0.3 is 0 Å². The largest absolute Gasteiger partial charge is 0.369 e. The van der Waals surface area contributed by atoms with Crippen molar-refractivity contribution in [1.82, 2.24) is 6.15 Å². The van der Waals surface area contributed by atoms with E-state index in [2.05, 4.69) is 5.73 Å². The van der Waals surface area contributed by atoms with Crippen LogP contribution in [-0.2, 0) is 0 Å². The van der Waals surface area contributed by atoms with E-state index in [1.807, 2.05) is 0 Å². The summed E-state index contributed by atoms with van der Waals surface area (Å²) < 4.78 is 0. The van der Waals surface area contributed by atoms with Crippen molar-refractivity contribution in [2.75, 3.05) is 0 Å². The molecule has 0 aromatic carbocycles. The Morgan fingerprint density at radius 1 is 1.62 bits per heavy atom. The Balaban J connectivity index is -0.0000000575. The molecule has 7 heteroatoms. The van der Waals surface area contributed by atoms with E-state index in [0.29, 0.717) is 0 Å². The van der Waals surface area contributed by atoms with Gasteiger partial charge in [-0.25, -0.2) is 0 Å². The molecule has 0 saturated heterocycles. The predicted molar refractivity (Wildman–Crippen MR) is 26.1 cm³/mol. The van der Waals surface area contributed by atoms with E-state index >= 15 is 0 Å². The van der Waals surface area contributed by atoms with Gasteiger partial charge in [0.15, 0.2) is 6.19 Å². The van der Waals surface area contributed by atoms with Crippen molar-refractivity contribution in [3.63, 3.8) is 0 Å². The Hall–Kier alpha value is -1.55. The van der Waals surface area contributed by atoms with Crippen LogP contribution in [0.5, 0.6) is 0 Å². The molecule has 0 rings (SSSR count). The highest BCUT2D eigenvalue weighted by molar-refractivity contribution is 4.46. The molecule has 0 amide bonds. The summed E-state index contributed by atoms with van der Waals surface area (Å²) >= 11 is 0. The lowest BCUT2D eigenvalue weighted by Crippen LogP contribution is -1.74. The van der Waals surface area contributed by atoms with Crippen molar-refractivity contribution in [1.29, 1.82) is 5.26 Å². The Labute approximate surface area is 45.0 Å². The van der Waals surface area contributed by atoms with Crippen molar-refractivity contribution in [3.8, 4) is 6.19 Å². The average Bonchev–Trinajstić information content (AvgIpc) is 1.33. The second-order valence-electron chi connectivity index (χ2n) is 0.353. The summed E-state index contributed by atoms with van der Waals surface area (Å²) in [6.45, 7) is 0. The number of nitriles is 1. The number of rotatable bonds is 0. The lowest BCUT2D eigenvalue weighted by molar-refractivity contribution is -0.402. The van der Waals surface area contributed by atoms with Gasteiger partial charge in [0.2, 0.25) is 0 Å². The first-order valence-electron chi connectivity index (χ1n) is 1.06.